The van der Waals surface area contributed by atoms with Crippen LogP contribution >= 0.6 is 0 Å². The molecule has 1 aromatic rings. The number of likely N-dealkylation sites (tertiary alicyclic amines) is 1. The van der Waals surface area contributed by atoms with Crippen LogP contribution in [0.25, 0.3) is 0 Å². The Hall–Kier alpha value is -2.04. The average Bonchev–Trinajstić information content (AvgIpc) is 2.88. The number of nitrogens with zero attached hydrogens (tertiary/aromatic N) is 2. The van der Waals surface area contributed by atoms with E-state index in [0.29, 0.717) is 26.1 Å². The molecule has 1 aromatic carbocycles. The number of amides is 2. The first kappa shape index (κ1) is 18.3. The number of benzene rings is 1. The molecule has 1 fully saturated rings. The van der Waals surface area contributed by atoms with Crippen LogP contribution < -0.4 is 4.74 Å². The summed E-state index contributed by atoms with van der Waals surface area (Å²) in [4.78, 5) is 28.7. The van der Waals surface area contributed by atoms with Gasteiger partial charge in [-0.05, 0) is 45.4 Å². The fraction of sp³-hybridized carbons (Fsp3) is 0.579. The fourth-order valence-corrected chi connectivity index (χ4v) is 3.22. The Morgan fingerprint density at radius 1 is 1.29 bits per heavy atom. The molecule has 0 saturated carbocycles. The number of ether oxygens (including phenoxy) is 1. The summed E-state index contributed by atoms with van der Waals surface area (Å²) in [7, 11) is 1.63. The summed E-state index contributed by atoms with van der Waals surface area (Å²) in [5, 5.41) is 0. The number of methoxy groups -OCH3 is 1. The third kappa shape index (κ3) is 4.08. The molecule has 5 heteroatoms. The van der Waals surface area contributed by atoms with Crippen LogP contribution in [0, 0.1) is 5.92 Å². The number of carbonyl (C=O) groups excluding carboxylic acids is 2. The van der Waals surface area contributed by atoms with Crippen molar-refractivity contribution >= 4 is 11.8 Å². The van der Waals surface area contributed by atoms with Crippen molar-refractivity contribution in [1.82, 2.24) is 9.80 Å². The minimum atomic E-state index is -0.241. The quantitative estimate of drug-likeness (QED) is 0.833. The topological polar surface area (TPSA) is 49.9 Å². The van der Waals surface area contributed by atoms with Gasteiger partial charge in [-0.15, -0.1) is 0 Å². The van der Waals surface area contributed by atoms with E-state index in [-0.39, 0.29) is 23.3 Å². The van der Waals surface area contributed by atoms with Gasteiger partial charge in [0.1, 0.15) is 5.75 Å². The molecule has 1 aliphatic heterocycles. The van der Waals surface area contributed by atoms with Gasteiger partial charge in [0.15, 0.2) is 0 Å². The van der Waals surface area contributed by atoms with E-state index < -0.39 is 0 Å². The first-order chi connectivity index (χ1) is 11.3. The smallest absolute Gasteiger partial charge is 0.228 e. The van der Waals surface area contributed by atoms with Gasteiger partial charge in [0.2, 0.25) is 11.8 Å². The molecule has 132 valence electrons. The van der Waals surface area contributed by atoms with Crippen LogP contribution in [0.1, 0.15) is 39.7 Å². The Bertz CT molecular complexity index is 590. The lowest BCUT2D eigenvalue weighted by molar-refractivity contribution is -0.140. The third-order valence-corrected chi connectivity index (χ3v) is 4.49. The van der Waals surface area contributed by atoms with E-state index in [0.717, 1.165) is 11.3 Å². The van der Waals surface area contributed by atoms with Crippen LogP contribution in [0.15, 0.2) is 24.3 Å². The molecule has 0 aliphatic carbocycles. The number of rotatable bonds is 5. The Balaban J connectivity index is 2.03. The van der Waals surface area contributed by atoms with E-state index in [1.165, 1.54) is 0 Å². The zero-order chi connectivity index (χ0) is 17.9. The Morgan fingerprint density at radius 2 is 1.92 bits per heavy atom. The lowest BCUT2D eigenvalue weighted by Gasteiger charge is -2.36. The van der Waals surface area contributed by atoms with Crippen LogP contribution in [-0.2, 0) is 16.1 Å². The second kappa shape index (κ2) is 7.24. The Morgan fingerprint density at radius 3 is 2.42 bits per heavy atom. The van der Waals surface area contributed by atoms with Gasteiger partial charge < -0.3 is 14.5 Å². The van der Waals surface area contributed by atoms with Gasteiger partial charge in [-0.2, -0.15) is 0 Å². The molecule has 24 heavy (non-hydrogen) atoms. The number of hydrogen-bond donors (Lipinski definition) is 0. The normalized spacial score (nSPS) is 18.0. The first-order valence-electron chi connectivity index (χ1n) is 8.48. The molecule has 2 amide bonds. The summed E-state index contributed by atoms with van der Waals surface area (Å²) < 4.78 is 5.15. The summed E-state index contributed by atoms with van der Waals surface area (Å²) in [5.74, 6) is 0.683. The van der Waals surface area contributed by atoms with Crippen molar-refractivity contribution in [2.24, 2.45) is 5.92 Å². The molecule has 1 aliphatic rings. The lowest BCUT2D eigenvalue weighted by atomic mass is 10.0. The highest BCUT2D eigenvalue weighted by molar-refractivity contribution is 5.89. The van der Waals surface area contributed by atoms with Crippen LogP contribution in [0.5, 0.6) is 5.75 Å². The molecule has 0 radical (unpaired) electrons. The van der Waals surface area contributed by atoms with Crippen LogP contribution in [0.4, 0.5) is 0 Å². The molecule has 0 aromatic heterocycles. The zero-order valence-corrected chi connectivity index (χ0v) is 15.3. The van der Waals surface area contributed by atoms with Crippen molar-refractivity contribution in [2.75, 3.05) is 20.2 Å². The van der Waals surface area contributed by atoms with Crippen molar-refractivity contribution in [1.29, 1.82) is 0 Å². The maximum atomic E-state index is 12.8. The minimum Gasteiger partial charge on any atom is -0.497 e. The molecule has 2 rings (SSSR count). The van der Waals surface area contributed by atoms with Gasteiger partial charge in [0.25, 0.3) is 0 Å². The maximum Gasteiger partial charge on any atom is 0.228 e. The SMILES string of the molecule is CCN(C(=O)C1CC(=O)N(Cc2ccc(OC)cc2)C1)C(C)(C)C. The molecule has 1 atom stereocenters. The van der Waals surface area contributed by atoms with Gasteiger partial charge in [0, 0.05) is 31.6 Å². The van der Waals surface area contributed by atoms with Crippen LogP contribution in [0.2, 0.25) is 0 Å². The molecular formula is C19H28N2O3. The van der Waals surface area contributed by atoms with E-state index in [2.05, 4.69) is 0 Å². The molecule has 5 nitrogen and oxygen atoms in total. The third-order valence-electron chi connectivity index (χ3n) is 4.49. The second-order valence-electron chi connectivity index (χ2n) is 7.28. The van der Waals surface area contributed by atoms with Crippen molar-refractivity contribution in [3.8, 4) is 5.75 Å². The number of hydrogen-bond acceptors (Lipinski definition) is 3. The highest BCUT2D eigenvalue weighted by Crippen LogP contribution is 2.25. The van der Waals surface area contributed by atoms with E-state index in [4.69, 9.17) is 4.74 Å². The van der Waals surface area contributed by atoms with E-state index in [9.17, 15) is 9.59 Å². The summed E-state index contributed by atoms with van der Waals surface area (Å²) in [5.41, 5.74) is 0.818. The van der Waals surface area contributed by atoms with Gasteiger partial charge in [-0.3, -0.25) is 9.59 Å². The van der Waals surface area contributed by atoms with E-state index in [1.807, 2.05) is 56.9 Å². The Labute approximate surface area is 144 Å². The highest BCUT2D eigenvalue weighted by Gasteiger charge is 2.38. The molecule has 0 bridgehead atoms. The van der Waals surface area contributed by atoms with Gasteiger partial charge in [-0.1, -0.05) is 12.1 Å². The lowest BCUT2D eigenvalue weighted by Crippen LogP contribution is -2.48. The largest absolute Gasteiger partial charge is 0.497 e. The van der Waals surface area contributed by atoms with Crippen molar-refractivity contribution < 1.29 is 14.3 Å². The number of carbonyl (C=O) groups is 2. The summed E-state index contributed by atoms with van der Waals surface area (Å²) >= 11 is 0. The molecule has 1 unspecified atom stereocenters. The van der Waals surface area contributed by atoms with Crippen molar-refractivity contribution in [2.45, 2.75) is 46.2 Å². The predicted octanol–water partition coefficient (Wildman–Crippen LogP) is 2.69. The van der Waals surface area contributed by atoms with Crippen LogP contribution in [-0.4, -0.2) is 47.4 Å². The first-order valence-corrected chi connectivity index (χ1v) is 8.48. The van der Waals surface area contributed by atoms with Crippen LogP contribution in [0.3, 0.4) is 0 Å². The van der Waals surface area contributed by atoms with Crippen molar-refractivity contribution in [3.63, 3.8) is 0 Å². The van der Waals surface area contributed by atoms with Gasteiger partial charge in [0.05, 0.1) is 13.0 Å². The minimum absolute atomic E-state index is 0.0501. The molecule has 1 saturated heterocycles. The summed E-state index contributed by atoms with van der Waals surface area (Å²) in [6, 6.07) is 7.68. The Kier molecular flexibility index (Phi) is 5.52. The maximum absolute atomic E-state index is 12.8. The molecule has 1 heterocycles. The van der Waals surface area contributed by atoms with Gasteiger partial charge in [-0.25, -0.2) is 0 Å². The average molecular weight is 332 g/mol. The molecular weight excluding hydrogens is 304 g/mol. The van der Waals surface area contributed by atoms with Crippen molar-refractivity contribution in [3.05, 3.63) is 29.8 Å². The molecule has 0 N–H and O–H groups in total. The van der Waals surface area contributed by atoms with E-state index in [1.54, 1.807) is 12.0 Å². The molecule has 0 spiro atoms. The van der Waals surface area contributed by atoms with Gasteiger partial charge >= 0.3 is 0 Å². The van der Waals surface area contributed by atoms with E-state index >= 15 is 0 Å². The highest BCUT2D eigenvalue weighted by atomic mass is 16.5. The second-order valence-corrected chi connectivity index (χ2v) is 7.28. The zero-order valence-electron chi connectivity index (χ0n) is 15.3. The fourth-order valence-electron chi connectivity index (χ4n) is 3.22. The monoisotopic (exact) mass is 332 g/mol. The predicted molar refractivity (Wildman–Crippen MR) is 93.7 cm³/mol. The standard InChI is InChI=1S/C19H28N2O3/c1-6-21(19(2,3)4)18(23)15-11-17(22)20(13-15)12-14-7-9-16(24-5)10-8-14/h7-10,15H,6,11-13H2,1-5H3. The summed E-state index contributed by atoms with van der Waals surface area (Å²) in [6.45, 7) is 9.76. The summed E-state index contributed by atoms with van der Waals surface area (Å²) in [6.07, 6.45) is 0.307.